The van der Waals surface area contributed by atoms with Gasteiger partial charge in [0.1, 0.15) is 11.5 Å². The predicted molar refractivity (Wildman–Crippen MR) is 84.7 cm³/mol. The molecule has 1 aromatic carbocycles. The molecule has 3 aromatic rings. The number of pyridine rings is 1. The monoisotopic (exact) mass is 326 g/mol. The number of esters is 1. The van der Waals surface area contributed by atoms with Crippen LogP contribution < -0.4 is 0 Å². The fraction of sp³-hybridized carbons (Fsp3) is 0.167. The van der Waals surface area contributed by atoms with E-state index in [1.807, 2.05) is 6.92 Å². The zero-order valence-electron chi connectivity index (χ0n) is 13.2. The maximum Gasteiger partial charge on any atom is 0.340 e. The maximum absolute atomic E-state index is 12.9. The van der Waals surface area contributed by atoms with E-state index in [0.717, 1.165) is 11.3 Å². The molecule has 6 heteroatoms. The maximum atomic E-state index is 12.9. The fourth-order valence-corrected chi connectivity index (χ4v) is 2.25. The lowest BCUT2D eigenvalue weighted by Gasteiger charge is -2.05. The van der Waals surface area contributed by atoms with Gasteiger partial charge in [0, 0.05) is 17.3 Å². The third kappa shape index (κ3) is 3.48. The van der Waals surface area contributed by atoms with Crippen molar-refractivity contribution >= 4 is 5.97 Å². The SMILES string of the molecule is Cc1ccc(C(=O)OCc2cc(-c3ccc(F)cc3)no2)c(C)n1. The largest absolute Gasteiger partial charge is 0.454 e. The molecule has 2 heterocycles. The molecule has 0 saturated carbocycles. The summed E-state index contributed by atoms with van der Waals surface area (Å²) in [4.78, 5) is 16.3. The molecule has 0 unspecified atom stereocenters. The Kier molecular flexibility index (Phi) is 4.37. The van der Waals surface area contributed by atoms with Crippen molar-refractivity contribution in [1.29, 1.82) is 0 Å². The predicted octanol–water partition coefficient (Wildman–Crippen LogP) is 3.85. The van der Waals surface area contributed by atoms with E-state index >= 15 is 0 Å². The molecule has 0 saturated heterocycles. The number of aromatic nitrogens is 2. The van der Waals surface area contributed by atoms with Crippen LogP contribution in [0.4, 0.5) is 4.39 Å². The first kappa shape index (κ1) is 15.9. The Hall–Kier alpha value is -3.02. The third-order valence-electron chi connectivity index (χ3n) is 3.49. The van der Waals surface area contributed by atoms with E-state index < -0.39 is 5.97 Å². The summed E-state index contributed by atoms with van der Waals surface area (Å²) in [6.45, 7) is 3.57. The van der Waals surface area contributed by atoms with Crippen molar-refractivity contribution in [1.82, 2.24) is 10.1 Å². The van der Waals surface area contributed by atoms with E-state index in [9.17, 15) is 9.18 Å². The lowest BCUT2D eigenvalue weighted by Crippen LogP contribution is -2.08. The van der Waals surface area contributed by atoms with Crippen LogP contribution in [0.5, 0.6) is 0 Å². The van der Waals surface area contributed by atoms with E-state index in [1.165, 1.54) is 12.1 Å². The number of rotatable bonds is 4. The molecule has 0 spiro atoms. The van der Waals surface area contributed by atoms with Crippen LogP contribution in [0.3, 0.4) is 0 Å². The van der Waals surface area contributed by atoms with Crippen LogP contribution in [0.25, 0.3) is 11.3 Å². The van der Waals surface area contributed by atoms with Gasteiger partial charge in [0.15, 0.2) is 12.4 Å². The molecule has 24 heavy (non-hydrogen) atoms. The van der Waals surface area contributed by atoms with Crippen LogP contribution in [0, 0.1) is 19.7 Å². The van der Waals surface area contributed by atoms with Gasteiger partial charge >= 0.3 is 5.97 Å². The normalized spacial score (nSPS) is 10.6. The highest BCUT2D eigenvalue weighted by atomic mass is 19.1. The molecule has 0 aliphatic carbocycles. The van der Waals surface area contributed by atoms with Crippen LogP contribution in [-0.2, 0) is 11.3 Å². The van der Waals surface area contributed by atoms with Crippen LogP contribution in [0.2, 0.25) is 0 Å². The van der Waals surface area contributed by atoms with E-state index in [0.29, 0.717) is 22.7 Å². The van der Waals surface area contributed by atoms with Gasteiger partial charge in [-0.2, -0.15) is 0 Å². The zero-order chi connectivity index (χ0) is 17.1. The average Bonchev–Trinajstić information content (AvgIpc) is 3.02. The topological polar surface area (TPSA) is 65.2 Å². The number of aryl methyl sites for hydroxylation is 2. The fourth-order valence-electron chi connectivity index (χ4n) is 2.25. The summed E-state index contributed by atoms with van der Waals surface area (Å²) in [6.07, 6.45) is 0. The van der Waals surface area contributed by atoms with Gasteiger partial charge in [-0.25, -0.2) is 9.18 Å². The molecule has 2 aromatic heterocycles. The molecule has 0 N–H and O–H groups in total. The molecule has 0 bridgehead atoms. The van der Waals surface area contributed by atoms with Crippen LogP contribution in [0.15, 0.2) is 47.0 Å². The molecule has 5 nitrogen and oxygen atoms in total. The smallest absolute Gasteiger partial charge is 0.340 e. The van der Waals surface area contributed by atoms with Gasteiger partial charge in [0.25, 0.3) is 0 Å². The Morgan fingerprint density at radius 2 is 1.92 bits per heavy atom. The summed E-state index contributed by atoms with van der Waals surface area (Å²) >= 11 is 0. The van der Waals surface area contributed by atoms with Gasteiger partial charge in [-0.05, 0) is 50.2 Å². The van der Waals surface area contributed by atoms with Gasteiger partial charge in [-0.1, -0.05) is 5.16 Å². The molecule has 0 radical (unpaired) electrons. The van der Waals surface area contributed by atoms with Crippen molar-refractivity contribution in [2.45, 2.75) is 20.5 Å². The number of ether oxygens (including phenoxy) is 1. The first-order valence-electron chi connectivity index (χ1n) is 7.36. The highest BCUT2D eigenvalue weighted by Crippen LogP contribution is 2.20. The summed E-state index contributed by atoms with van der Waals surface area (Å²) in [5.41, 5.74) is 3.14. The average molecular weight is 326 g/mol. The van der Waals surface area contributed by atoms with Crippen molar-refractivity contribution in [3.8, 4) is 11.3 Å². The minimum Gasteiger partial charge on any atom is -0.454 e. The van der Waals surface area contributed by atoms with Crippen molar-refractivity contribution < 1.29 is 18.4 Å². The van der Waals surface area contributed by atoms with E-state index in [-0.39, 0.29) is 12.4 Å². The Morgan fingerprint density at radius 1 is 1.17 bits per heavy atom. The lowest BCUT2D eigenvalue weighted by molar-refractivity contribution is 0.0436. The van der Waals surface area contributed by atoms with Gasteiger partial charge in [0.2, 0.25) is 0 Å². The second-order valence-electron chi connectivity index (χ2n) is 5.35. The van der Waals surface area contributed by atoms with Crippen molar-refractivity contribution in [2.24, 2.45) is 0 Å². The van der Waals surface area contributed by atoms with E-state index in [4.69, 9.17) is 9.26 Å². The number of nitrogens with zero attached hydrogens (tertiary/aromatic N) is 2. The number of carbonyl (C=O) groups excluding carboxylic acids is 1. The molecule has 3 rings (SSSR count). The second-order valence-corrected chi connectivity index (χ2v) is 5.35. The summed E-state index contributed by atoms with van der Waals surface area (Å²) in [7, 11) is 0. The molecule has 0 aliphatic heterocycles. The standard InChI is InChI=1S/C18H15FN2O3/c1-11-3-8-16(12(2)20-11)18(22)23-10-15-9-17(21-24-15)13-4-6-14(19)7-5-13/h3-9H,10H2,1-2H3. The minimum absolute atomic E-state index is 0.0413. The van der Waals surface area contributed by atoms with Gasteiger partial charge < -0.3 is 9.26 Å². The quantitative estimate of drug-likeness (QED) is 0.681. The summed E-state index contributed by atoms with van der Waals surface area (Å²) < 4.78 is 23.3. The number of carbonyl (C=O) groups is 1. The Morgan fingerprint density at radius 3 is 2.62 bits per heavy atom. The first-order chi connectivity index (χ1) is 11.5. The highest BCUT2D eigenvalue weighted by molar-refractivity contribution is 5.90. The number of halogens is 1. The van der Waals surface area contributed by atoms with Crippen LogP contribution in [0.1, 0.15) is 27.5 Å². The van der Waals surface area contributed by atoms with E-state index in [1.54, 1.807) is 37.3 Å². The van der Waals surface area contributed by atoms with E-state index in [2.05, 4.69) is 10.1 Å². The molecular formula is C18H15FN2O3. The van der Waals surface area contributed by atoms with Gasteiger partial charge in [0.05, 0.1) is 11.3 Å². The zero-order valence-corrected chi connectivity index (χ0v) is 13.2. The lowest BCUT2D eigenvalue weighted by atomic mass is 10.1. The molecular weight excluding hydrogens is 311 g/mol. The molecule has 0 amide bonds. The Balaban J connectivity index is 1.67. The summed E-state index contributed by atoms with van der Waals surface area (Å²) in [5, 5.41) is 3.89. The Labute approximate surface area is 138 Å². The van der Waals surface area contributed by atoms with Gasteiger partial charge in [-0.3, -0.25) is 4.98 Å². The molecule has 122 valence electrons. The van der Waals surface area contributed by atoms with Crippen LogP contribution in [-0.4, -0.2) is 16.1 Å². The third-order valence-corrected chi connectivity index (χ3v) is 3.49. The van der Waals surface area contributed by atoms with Crippen molar-refractivity contribution in [3.05, 3.63) is 71.0 Å². The van der Waals surface area contributed by atoms with Gasteiger partial charge in [-0.15, -0.1) is 0 Å². The second kappa shape index (κ2) is 6.62. The Bertz CT molecular complexity index is 872. The summed E-state index contributed by atoms with van der Waals surface area (Å²) in [5.74, 6) is -0.390. The molecule has 0 aliphatic rings. The highest BCUT2D eigenvalue weighted by Gasteiger charge is 2.14. The number of hydrogen-bond donors (Lipinski definition) is 0. The minimum atomic E-state index is -0.472. The molecule has 0 atom stereocenters. The van der Waals surface area contributed by atoms with Crippen LogP contribution >= 0.6 is 0 Å². The number of benzene rings is 1. The van der Waals surface area contributed by atoms with Crippen molar-refractivity contribution in [3.63, 3.8) is 0 Å². The summed E-state index contributed by atoms with van der Waals surface area (Å²) in [6, 6.07) is 11.0. The number of hydrogen-bond acceptors (Lipinski definition) is 5. The van der Waals surface area contributed by atoms with Crippen molar-refractivity contribution in [2.75, 3.05) is 0 Å². The first-order valence-corrected chi connectivity index (χ1v) is 7.36. The molecule has 0 fully saturated rings.